The van der Waals surface area contributed by atoms with Crippen LogP contribution in [0.1, 0.15) is 31.5 Å². The number of rotatable bonds is 5. The second-order valence-electron chi connectivity index (χ2n) is 8.00. The van der Waals surface area contributed by atoms with Gasteiger partial charge in [-0.2, -0.15) is 0 Å². The maximum absolute atomic E-state index is 13.6. The third kappa shape index (κ3) is 3.45. The summed E-state index contributed by atoms with van der Waals surface area (Å²) in [7, 11) is 1.64. The van der Waals surface area contributed by atoms with Gasteiger partial charge < -0.3 is 9.84 Å². The predicted molar refractivity (Wildman–Crippen MR) is 130 cm³/mol. The number of para-hydroxylation sites is 1. The van der Waals surface area contributed by atoms with Gasteiger partial charge in [-0.25, -0.2) is 9.88 Å². The molecule has 1 amide bonds. The number of thioether (sulfide) groups is 1. The summed E-state index contributed by atoms with van der Waals surface area (Å²) >= 11 is 1.30. The summed E-state index contributed by atoms with van der Waals surface area (Å²) in [4.78, 5) is 19.6. The number of amides is 1. The van der Waals surface area contributed by atoms with Gasteiger partial charge in [-0.05, 0) is 42.3 Å². The summed E-state index contributed by atoms with van der Waals surface area (Å²) in [5, 5.41) is 20.2. The summed E-state index contributed by atoms with van der Waals surface area (Å²) in [6.45, 7) is 1.98. The van der Waals surface area contributed by atoms with Gasteiger partial charge in [0.05, 0.1) is 29.8 Å². The van der Waals surface area contributed by atoms with Crippen molar-refractivity contribution < 1.29 is 19.3 Å². The molecule has 172 valence electrons. The molecular weight excluding hydrogens is 448 g/mol. The highest BCUT2D eigenvalue weighted by atomic mass is 32.2. The highest BCUT2D eigenvalue weighted by Gasteiger charge is 2.45. The van der Waals surface area contributed by atoms with Crippen molar-refractivity contribution in [3.8, 4) is 22.9 Å². The Morgan fingerprint density at radius 2 is 1.85 bits per heavy atom. The van der Waals surface area contributed by atoms with Gasteiger partial charge in [0.15, 0.2) is 0 Å². The Morgan fingerprint density at radius 3 is 2.59 bits per heavy atom. The molecule has 1 aliphatic heterocycles. The lowest BCUT2D eigenvalue weighted by atomic mass is 9.96. The van der Waals surface area contributed by atoms with Gasteiger partial charge in [0.25, 0.3) is 17.0 Å². The zero-order chi connectivity index (χ0) is 23.8. The van der Waals surface area contributed by atoms with Crippen LogP contribution < -0.4 is 19.4 Å². The molecule has 0 saturated carbocycles. The monoisotopic (exact) mass is 472 g/mol. The van der Waals surface area contributed by atoms with Gasteiger partial charge >= 0.3 is 0 Å². The molecule has 5 rings (SSSR count). The minimum Gasteiger partial charge on any atom is -0.854 e. The number of nitrogens with zero attached hydrogens (tertiary/aromatic N) is 4. The van der Waals surface area contributed by atoms with E-state index >= 15 is 0 Å². The van der Waals surface area contributed by atoms with E-state index in [1.165, 1.54) is 11.8 Å². The Morgan fingerprint density at radius 1 is 1.12 bits per heavy atom. The van der Waals surface area contributed by atoms with E-state index in [0.29, 0.717) is 34.9 Å². The number of hydrogen-bond donors (Lipinski definition) is 0. The van der Waals surface area contributed by atoms with E-state index < -0.39 is 6.17 Å². The number of ether oxygens (including phenoxy) is 1. The van der Waals surface area contributed by atoms with Gasteiger partial charge in [0.1, 0.15) is 5.75 Å². The molecule has 0 spiro atoms. The van der Waals surface area contributed by atoms with Crippen LogP contribution in [0.25, 0.3) is 22.0 Å². The van der Waals surface area contributed by atoms with Gasteiger partial charge in [0, 0.05) is 16.9 Å². The Labute approximate surface area is 202 Å². The number of anilines is 1. The average Bonchev–Trinajstić information content (AvgIpc) is 2.87. The lowest BCUT2D eigenvalue weighted by Gasteiger charge is -2.34. The number of carbonyl (C=O) groups excluding carboxylic acids is 1. The fourth-order valence-corrected chi connectivity index (χ4v) is 4.95. The van der Waals surface area contributed by atoms with Crippen LogP contribution in [0.15, 0.2) is 65.8 Å². The second-order valence-corrected chi connectivity index (χ2v) is 8.78. The van der Waals surface area contributed by atoms with Crippen LogP contribution in [0.5, 0.6) is 11.6 Å². The van der Waals surface area contributed by atoms with E-state index in [1.807, 2.05) is 73.8 Å². The maximum atomic E-state index is 13.6. The van der Waals surface area contributed by atoms with Gasteiger partial charge in [-0.15, -0.1) is 0 Å². The molecule has 1 aliphatic rings. The molecule has 0 N–H and O–H groups in total. The standard InChI is InChI=1S/C26H24N4O3S/c1-4-9-22(31)29-20-13-8-7-12-19(20)23-24(32)27-26(34-3)28-30(23)25(29)18-14-15-21(33-2)17-11-6-5-10-16(17)18/h5-8,10-15,25H,4,9H2,1-3H3. The number of methoxy groups -OCH3 is 1. The summed E-state index contributed by atoms with van der Waals surface area (Å²) in [5.41, 5.74) is 2.56. The van der Waals surface area contributed by atoms with Crippen LogP contribution in [0, 0.1) is 0 Å². The van der Waals surface area contributed by atoms with Gasteiger partial charge in [-0.3, -0.25) is 4.79 Å². The van der Waals surface area contributed by atoms with Crippen LogP contribution in [-0.4, -0.2) is 29.4 Å². The average molecular weight is 473 g/mol. The Hall–Kier alpha value is -3.65. The predicted octanol–water partition coefficient (Wildman–Crippen LogP) is 4.08. The molecule has 2 heterocycles. The first-order chi connectivity index (χ1) is 16.6. The minimum atomic E-state index is -0.652. The summed E-state index contributed by atoms with van der Waals surface area (Å²) in [6, 6.07) is 19.2. The van der Waals surface area contributed by atoms with Crippen LogP contribution in [-0.2, 0) is 4.79 Å². The molecule has 1 aromatic heterocycles. The molecule has 1 atom stereocenters. The summed E-state index contributed by atoms with van der Waals surface area (Å²) in [5.74, 6) is 0.344. The third-order valence-electron chi connectivity index (χ3n) is 6.05. The van der Waals surface area contributed by atoms with Crippen LogP contribution >= 0.6 is 11.8 Å². The van der Waals surface area contributed by atoms with E-state index in [-0.39, 0.29) is 11.8 Å². The highest BCUT2D eigenvalue weighted by Crippen LogP contribution is 2.43. The number of aromatic nitrogens is 3. The Bertz CT molecular complexity index is 1410. The molecule has 0 aliphatic carbocycles. The topological polar surface area (TPSA) is 82.3 Å². The van der Waals surface area contributed by atoms with E-state index in [2.05, 4.69) is 4.98 Å². The van der Waals surface area contributed by atoms with Crippen molar-refractivity contribution in [2.45, 2.75) is 31.1 Å². The van der Waals surface area contributed by atoms with Gasteiger partial charge in [-0.1, -0.05) is 59.8 Å². The fourth-order valence-electron chi connectivity index (χ4n) is 4.60. The fraction of sp³-hybridized carbons (Fsp3) is 0.231. The molecule has 0 fully saturated rings. The first-order valence-electron chi connectivity index (χ1n) is 11.1. The van der Waals surface area contributed by atoms with E-state index in [4.69, 9.17) is 9.84 Å². The maximum Gasteiger partial charge on any atom is 0.293 e. The molecule has 3 aromatic carbocycles. The normalized spacial score (nSPS) is 14.6. The van der Waals surface area contributed by atoms with Crippen molar-refractivity contribution >= 4 is 34.1 Å². The van der Waals surface area contributed by atoms with Crippen molar-refractivity contribution in [3.05, 3.63) is 66.2 Å². The Balaban J connectivity index is 1.88. The number of benzene rings is 3. The molecule has 1 unspecified atom stereocenters. The van der Waals surface area contributed by atoms with Gasteiger partial charge in [0.2, 0.25) is 5.91 Å². The van der Waals surface area contributed by atoms with Crippen LogP contribution in [0.4, 0.5) is 5.69 Å². The summed E-state index contributed by atoms with van der Waals surface area (Å²) in [6.07, 6.45) is 2.26. The largest absolute Gasteiger partial charge is 0.854 e. The molecule has 0 saturated heterocycles. The molecule has 7 nitrogen and oxygen atoms in total. The Kier molecular flexibility index (Phi) is 5.83. The quantitative estimate of drug-likeness (QED) is 0.322. The number of carbonyl (C=O) groups is 1. The molecule has 0 bridgehead atoms. The first kappa shape index (κ1) is 22.2. The first-order valence-corrected chi connectivity index (χ1v) is 12.3. The van der Waals surface area contributed by atoms with Crippen molar-refractivity contribution in [3.63, 3.8) is 0 Å². The van der Waals surface area contributed by atoms with E-state index in [1.54, 1.807) is 16.7 Å². The number of hydrogen-bond acceptors (Lipinski definition) is 6. The van der Waals surface area contributed by atoms with Crippen molar-refractivity contribution in [2.24, 2.45) is 0 Å². The zero-order valence-corrected chi connectivity index (χ0v) is 20.0. The van der Waals surface area contributed by atoms with Crippen molar-refractivity contribution in [1.82, 2.24) is 10.1 Å². The van der Waals surface area contributed by atoms with Crippen LogP contribution in [0.2, 0.25) is 0 Å². The molecule has 4 aromatic rings. The van der Waals surface area contributed by atoms with E-state index in [9.17, 15) is 9.90 Å². The lowest BCUT2D eigenvalue weighted by Crippen LogP contribution is -2.59. The zero-order valence-electron chi connectivity index (χ0n) is 19.2. The second kappa shape index (κ2) is 8.95. The summed E-state index contributed by atoms with van der Waals surface area (Å²) < 4.78 is 7.27. The molecule has 34 heavy (non-hydrogen) atoms. The SMILES string of the molecule is CCCC(=O)N1c2ccccc2-c2c([O-])nc(SC)n[n+]2C1c1ccc(OC)c2ccccc12. The lowest BCUT2D eigenvalue weighted by molar-refractivity contribution is -0.764. The van der Waals surface area contributed by atoms with Crippen molar-refractivity contribution in [1.29, 1.82) is 0 Å². The smallest absolute Gasteiger partial charge is 0.293 e. The number of fused-ring (bicyclic) bond motifs is 4. The molecule has 8 heteroatoms. The van der Waals surface area contributed by atoms with E-state index in [0.717, 1.165) is 22.1 Å². The third-order valence-corrected chi connectivity index (χ3v) is 6.59. The minimum absolute atomic E-state index is 0.0326. The van der Waals surface area contributed by atoms with Crippen LogP contribution in [0.3, 0.4) is 0 Å². The highest BCUT2D eigenvalue weighted by molar-refractivity contribution is 7.98. The van der Waals surface area contributed by atoms with Crippen molar-refractivity contribution in [2.75, 3.05) is 18.3 Å². The molecule has 0 radical (unpaired) electrons. The molecular formula is C26H24N4O3S.